The van der Waals surface area contributed by atoms with Gasteiger partial charge in [-0.2, -0.15) is 0 Å². The van der Waals surface area contributed by atoms with Gasteiger partial charge in [0.25, 0.3) is 5.91 Å². The minimum atomic E-state index is -3.04. The number of imide groups is 1. The van der Waals surface area contributed by atoms with Crippen LogP contribution < -0.4 is 10.1 Å². The molecule has 0 saturated carbocycles. The molecule has 2 aromatic rings. The fraction of sp³-hybridized carbons (Fsp3) is 0.400. The molecule has 2 fully saturated rings. The lowest BCUT2D eigenvalue weighted by Gasteiger charge is -2.29. The van der Waals surface area contributed by atoms with Gasteiger partial charge < -0.3 is 14.4 Å². The lowest BCUT2D eigenvalue weighted by atomic mass is 10.0. The van der Waals surface area contributed by atoms with Crippen molar-refractivity contribution in [2.45, 2.75) is 38.5 Å². The van der Waals surface area contributed by atoms with Gasteiger partial charge in [-0.25, -0.2) is 4.39 Å². The summed E-state index contributed by atoms with van der Waals surface area (Å²) in [4.78, 5) is 40.7. The number of hydrogen-bond donors (Lipinski definition) is 1. The topological polar surface area (TPSA) is 88.2 Å². The zero-order valence-electron chi connectivity index (χ0n) is 22.3. The zero-order chi connectivity index (χ0) is 27.2. The molecule has 0 unspecified atom stereocenters. The van der Waals surface area contributed by atoms with Crippen molar-refractivity contribution in [1.82, 2.24) is 15.1 Å². The van der Waals surface area contributed by atoms with Crippen molar-refractivity contribution in [2.24, 2.45) is 0 Å². The fourth-order valence-corrected chi connectivity index (χ4v) is 4.28. The maximum Gasteiger partial charge on any atom is 0.255 e. The van der Waals surface area contributed by atoms with Crippen molar-refractivity contribution in [1.29, 1.82) is 0 Å². The first-order valence-electron chi connectivity index (χ1n) is 13.0. The average molecular weight is 472 g/mol. The molecule has 3 amide bonds. The van der Waals surface area contributed by atoms with Crippen LogP contribution in [0.3, 0.4) is 0 Å². The second kappa shape index (κ2) is 9.52. The molecule has 2 aromatic carbocycles. The van der Waals surface area contributed by atoms with Crippen LogP contribution >= 0.6 is 0 Å². The molecule has 0 radical (unpaired) electrons. The summed E-state index contributed by atoms with van der Waals surface area (Å²) in [6, 6.07) is 7.69. The first-order valence-corrected chi connectivity index (χ1v) is 11.0. The Morgan fingerprint density at radius 1 is 1.18 bits per heavy atom. The second-order valence-electron chi connectivity index (χ2n) is 8.31. The van der Waals surface area contributed by atoms with E-state index in [-0.39, 0.29) is 24.5 Å². The second-order valence-corrected chi connectivity index (χ2v) is 8.31. The monoisotopic (exact) mass is 471 g/mol. The number of nitrogens with zero attached hydrogens (tertiary/aromatic N) is 2. The Bertz CT molecular complexity index is 1300. The summed E-state index contributed by atoms with van der Waals surface area (Å²) in [5.74, 6) is -3.36. The Labute approximate surface area is 202 Å². The molecule has 34 heavy (non-hydrogen) atoms. The van der Waals surface area contributed by atoms with Gasteiger partial charge in [0.15, 0.2) is 0 Å². The highest BCUT2D eigenvalue weighted by Crippen LogP contribution is 2.34. The molecular formula is C25H26FN3O5. The normalized spacial score (nSPS) is 25.6. The average Bonchev–Trinajstić information content (AvgIpc) is 3.19. The SMILES string of the molecule is [2H]C1([2H])C(=O)NC(=O)[C@H](N2Cc3c(OCc4ccc(CN5CCOCC5)cc4F)cccc3C2=O)C1([2H])[2H]. The molecule has 5 rings (SSSR count). The van der Waals surface area contributed by atoms with E-state index in [2.05, 4.69) is 4.90 Å². The molecular weight excluding hydrogens is 441 g/mol. The predicted molar refractivity (Wildman–Crippen MR) is 119 cm³/mol. The number of carbonyl (C=O) groups excluding carboxylic acids is 3. The Kier molecular flexibility index (Phi) is 5.06. The molecule has 9 heteroatoms. The van der Waals surface area contributed by atoms with Crippen LogP contribution in [0.5, 0.6) is 5.75 Å². The van der Waals surface area contributed by atoms with Crippen LogP contribution in [0.15, 0.2) is 36.4 Å². The fourth-order valence-electron chi connectivity index (χ4n) is 4.28. The van der Waals surface area contributed by atoms with E-state index >= 15 is 0 Å². The number of ether oxygens (including phenoxy) is 2. The van der Waals surface area contributed by atoms with E-state index in [0.29, 0.717) is 30.9 Å². The van der Waals surface area contributed by atoms with Crippen molar-refractivity contribution >= 4 is 17.7 Å². The highest BCUT2D eigenvalue weighted by atomic mass is 19.1. The van der Waals surface area contributed by atoms with Gasteiger partial charge in [-0.05, 0) is 30.1 Å². The summed E-state index contributed by atoms with van der Waals surface area (Å²) in [6.45, 7) is 3.10. The van der Waals surface area contributed by atoms with E-state index in [4.69, 9.17) is 15.0 Å². The van der Waals surface area contributed by atoms with Gasteiger partial charge in [0, 0.05) is 48.2 Å². The smallest absolute Gasteiger partial charge is 0.255 e. The van der Waals surface area contributed by atoms with Crippen LogP contribution in [-0.4, -0.2) is 59.9 Å². The molecule has 3 aliphatic rings. The third kappa shape index (κ3) is 4.53. The zero-order valence-corrected chi connectivity index (χ0v) is 18.3. The van der Waals surface area contributed by atoms with Crippen LogP contribution in [0, 0.1) is 5.82 Å². The van der Waals surface area contributed by atoms with Crippen LogP contribution in [0.2, 0.25) is 0 Å². The number of piperidine rings is 1. The molecule has 178 valence electrons. The first kappa shape index (κ1) is 18.1. The molecule has 0 aromatic heterocycles. The summed E-state index contributed by atoms with van der Waals surface area (Å²) in [5, 5.41) is 1.83. The van der Waals surface area contributed by atoms with Gasteiger partial charge >= 0.3 is 0 Å². The lowest BCUT2D eigenvalue weighted by molar-refractivity contribution is -0.136. The molecule has 0 bridgehead atoms. The lowest BCUT2D eigenvalue weighted by Crippen LogP contribution is -2.52. The van der Waals surface area contributed by atoms with Crippen molar-refractivity contribution in [2.75, 3.05) is 26.3 Å². The third-order valence-corrected chi connectivity index (χ3v) is 6.08. The molecule has 0 spiro atoms. The van der Waals surface area contributed by atoms with Crippen molar-refractivity contribution in [3.63, 3.8) is 0 Å². The third-order valence-electron chi connectivity index (χ3n) is 6.08. The van der Waals surface area contributed by atoms with E-state index in [9.17, 15) is 18.8 Å². The van der Waals surface area contributed by atoms with E-state index in [1.807, 2.05) is 11.4 Å². The summed E-state index contributed by atoms with van der Waals surface area (Å²) in [6.07, 6.45) is -6.01. The highest BCUT2D eigenvalue weighted by molar-refractivity contribution is 6.05. The number of halogens is 1. The maximum absolute atomic E-state index is 14.8. The van der Waals surface area contributed by atoms with Crippen LogP contribution in [-0.2, 0) is 34.0 Å². The molecule has 0 aliphatic carbocycles. The minimum absolute atomic E-state index is 0.129. The van der Waals surface area contributed by atoms with Gasteiger partial charge in [0.05, 0.1) is 19.8 Å². The Balaban J connectivity index is 1.32. The summed E-state index contributed by atoms with van der Waals surface area (Å²) < 4.78 is 58.2. The minimum Gasteiger partial charge on any atom is -0.488 e. The van der Waals surface area contributed by atoms with Crippen molar-refractivity contribution in [3.8, 4) is 5.75 Å². The number of morpholine rings is 1. The number of amides is 3. The van der Waals surface area contributed by atoms with Crippen LogP contribution in [0.1, 0.15) is 45.3 Å². The molecule has 1 N–H and O–H groups in total. The standard InChI is InChI=1S/C25H26FN3O5/c26-20-12-16(13-28-8-10-33-11-9-28)4-5-17(20)15-34-22-3-1-2-18-19(22)14-29(25(18)32)21-6-7-23(30)27-24(21)31/h1-5,12,21H,6-11,13-15H2,(H,27,30,31)/t21-/m1/s1/i6D2,7D2. The molecule has 1 atom stereocenters. The van der Waals surface area contributed by atoms with Crippen molar-refractivity contribution < 1.29 is 33.7 Å². The van der Waals surface area contributed by atoms with E-state index < -0.39 is 42.3 Å². The van der Waals surface area contributed by atoms with E-state index in [1.165, 1.54) is 12.1 Å². The largest absolute Gasteiger partial charge is 0.488 e. The Morgan fingerprint density at radius 2 is 2.00 bits per heavy atom. The van der Waals surface area contributed by atoms with Crippen molar-refractivity contribution in [3.05, 3.63) is 64.5 Å². The van der Waals surface area contributed by atoms with Gasteiger partial charge in [-0.15, -0.1) is 0 Å². The number of benzene rings is 2. The summed E-state index contributed by atoms with van der Waals surface area (Å²) in [5.41, 5.74) is 1.66. The van der Waals surface area contributed by atoms with Crippen LogP contribution in [0.25, 0.3) is 0 Å². The Morgan fingerprint density at radius 3 is 2.79 bits per heavy atom. The number of nitrogens with one attached hydrogen (secondary N) is 1. The van der Waals surface area contributed by atoms with Gasteiger partial charge in [0.1, 0.15) is 24.2 Å². The van der Waals surface area contributed by atoms with E-state index in [1.54, 1.807) is 18.2 Å². The summed E-state index contributed by atoms with van der Waals surface area (Å²) in [7, 11) is 0. The van der Waals surface area contributed by atoms with Gasteiger partial charge in [0.2, 0.25) is 11.8 Å². The number of fused-ring (bicyclic) bond motifs is 1. The van der Waals surface area contributed by atoms with Gasteiger partial charge in [-0.1, -0.05) is 18.2 Å². The van der Waals surface area contributed by atoms with Gasteiger partial charge in [-0.3, -0.25) is 24.6 Å². The predicted octanol–water partition coefficient (Wildman–Crippen LogP) is 2.00. The summed E-state index contributed by atoms with van der Waals surface area (Å²) >= 11 is 0. The quantitative estimate of drug-likeness (QED) is 0.649. The van der Waals surface area contributed by atoms with E-state index in [0.717, 1.165) is 23.6 Å². The number of carbonyl (C=O) groups is 3. The van der Waals surface area contributed by atoms with Crippen LogP contribution in [0.4, 0.5) is 4.39 Å². The molecule has 2 saturated heterocycles. The maximum atomic E-state index is 14.8. The number of hydrogen-bond acceptors (Lipinski definition) is 6. The highest BCUT2D eigenvalue weighted by Gasteiger charge is 2.40. The first-order chi connectivity index (χ1) is 18.0. The molecule has 3 aliphatic heterocycles. The Hall–Kier alpha value is -3.30. The number of rotatable bonds is 6. The molecule has 3 heterocycles. The molecule has 8 nitrogen and oxygen atoms in total.